The average molecular weight is 279 g/mol. The third-order valence-corrected chi connectivity index (χ3v) is 4.73. The molecule has 2 aromatic rings. The van der Waals surface area contributed by atoms with Crippen molar-refractivity contribution in [2.45, 2.75) is 57.8 Å². The molecule has 1 aliphatic carbocycles. The number of aromatic nitrogens is 1. The molecule has 0 amide bonds. The number of benzene rings is 1. The maximum absolute atomic E-state index is 4.53. The first kappa shape index (κ1) is 14.3. The molecule has 21 heavy (non-hydrogen) atoms. The van der Waals surface area contributed by atoms with Crippen molar-refractivity contribution in [1.82, 2.24) is 4.98 Å². The highest BCUT2D eigenvalue weighted by atomic mass is 14.7. The van der Waals surface area contributed by atoms with E-state index in [4.69, 9.17) is 0 Å². The Morgan fingerprint density at radius 3 is 2.33 bits per heavy atom. The van der Waals surface area contributed by atoms with Crippen molar-refractivity contribution in [3.8, 4) is 11.3 Å². The van der Waals surface area contributed by atoms with Crippen molar-refractivity contribution in [3.05, 3.63) is 53.7 Å². The predicted octanol–water partition coefficient (Wildman–Crippen LogP) is 5.92. The van der Waals surface area contributed by atoms with Crippen molar-refractivity contribution in [1.29, 1.82) is 0 Å². The summed E-state index contributed by atoms with van der Waals surface area (Å²) in [6.45, 7) is 4.45. The number of pyridine rings is 1. The topological polar surface area (TPSA) is 12.9 Å². The third kappa shape index (κ3) is 3.34. The van der Waals surface area contributed by atoms with Gasteiger partial charge in [0.05, 0.1) is 5.69 Å². The van der Waals surface area contributed by atoms with Crippen LogP contribution in [0.2, 0.25) is 0 Å². The molecule has 1 nitrogen and oxygen atoms in total. The Labute approximate surface area is 128 Å². The fraction of sp³-hybridized carbons (Fsp3) is 0.450. The minimum absolute atomic E-state index is 0.549. The second-order valence-corrected chi connectivity index (χ2v) is 6.59. The van der Waals surface area contributed by atoms with Gasteiger partial charge < -0.3 is 0 Å². The van der Waals surface area contributed by atoms with Crippen LogP contribution in [-0.2, 0) is 0 Å². The third-order valence-electron chi connectivity index (χ3n) is 4.73. The molecular formula is C20H25N. The van der Waals surface area contributed by atoms with Crippen LogP contribution in [0, 0.1) is 0 Å². The molecule has 3 rings (SSSR count). The minimum Gasteiger partial charge on any atom is -0.256 e. The Morgan fingerprint density at radius 2 is 1.67 bits per heavy atom. The van der Waals surface area contributed by atoms with Crippen LogP contribution >= 0.6 is 0 Å². The summed E-state index contributed by atoms with van der Waals surface area (Å²) < 4.78 is 0. The van der Waals surface area contributed by atoms with E-state index in [0.717, 1.165) is 11.6 Å². The van der Waals surface area contributed by atoms with E-state index in [2.05, 4.69) is 55.2 Å². The molecule has 0 atom stereocenters. The fourth-order valence-electron chi connectivity index (χ4n) is 3.33. The van der Waals surface area contributed by atoms with E-state index in [0.29, 0.717) is 5.92 Å². The standard InChI is InChI=1S/C20H25N/c1-15(2)19-12-13-21-20(14-19)18-10-8-17(9-11-18)16-6-4-3-5-7-16/h8-16H,3-7H2,1-2H3. The second-order valence-electron chi connectivity index (χ2n) is 6.59. The van der Waals surface area contributed by atoms with Gasteiger partial charge in [0.25, 0.3) is 0 Å². The normalized spacial score (nSPS) is 16.3. The molecule has 0 radical (unpaired) electrons. The van der Waals surface area contributed by atoms with Crippen LogP contribution in [0.25, 0.3) is 11.3 Å². The van der Waals surface area contributed by atoms with Crippen LogP contribution in [0.1, 0.15) is 68.9 Å². The molecule has 0 aliphatic heterocycles. The quantitative estimate of drug-likeness (QED) is 0.679. The lowest BCUT2D eigenvalue weighted by atomic mass is 9.84. The number of hydrogen-bond donors (Lipinski definition) is 0. The zero-order valence-electron chi connectivity index (χ0n) is 13.2. The number of hydrogen-bond acceptors (Lipinski definition) is 1. The highest BCUT2D eigenvalue weighted by molar-refractivity contribution is 5.60. The van der Waals surface area contributed by atoms with Crippen LogP contribution in [0.4, 0.5) is 0 Å². The first-order valence-corrected chi connectivity index (χ1v) is 8.30. The lowest BCUT2D eigenvalue weighted by Gasteiger charge is -2.22. The van der Waals surface area contributed by atoms with Gasteiger partial charge in [-0.05, 0) is 47.9 Å². The highest BCUT2D eigenvalue weighted by Crippen LogP contribution is 2.33. The molecule has 1 heterocycles. The molecule has 0 N–H and O–H groups in total. The van der Waals surface area contributed by atoms with Crippen molar-refractivity contribution in [2.75, 3.05) is 0 Å². The van der Waals surface area contributed by atoms with E-state index in [1.54, 1.807) is 0 Å². The average Bonchev–Trinajstić information content (AvgIpc) is 2.56. The molecule has 1 heteroatoms. The van der Waals surface area contributed by atoms with Gasteiger partial charge in [0.2, 0.25) is 0 Å². The van der Waals surface area contributed by atoms with Gasteiger partial charge in [0.15, 0.2) is 0 Å². The lowest BCUT2D eigenvalue weighted by Crippen LogP contribution is -2.04. The fourth-order valence-corrected chi connectivity index (χ4v) is 3.33. The number of rotatable bonds is 3. The van der Waals surface area contributed by atoms with Crippen molar-refractivity contribution in [3.63, 3.8) is 0 Å². The van der Waals surface area contributed by atoms with Gasteiger partial charge in [0.1, 0.15) is 0 Å². The molecule has 1 aromatic carbocycles. The number of nitrogens with zero attached hydrogens (tertiary/aromatic N) is 1. The first-order valence-electron chi connectivity index (χ1n) is 8.30. The highest BCUT2D eigenvalue weighted by Gasteiger charge is 2.15. The van der Waals surface area contributed by atoms with Gasteiger partial charge >= 0.3 is 0 Å². The van der Waals surface area contributed by atoms with Crippen molar-refractivity contribution < 1.29 is 0 Å². The summed E-state index contributed by atoms with van der Waals surface area (Å²) >= 11 is 0. The Bertz CT molecular complexity index is 577. The monoisotopic (exact) mass is 279 g/mol. The Morgan fingerprint density at radius 1 is 0.952 bits per heavy atom. The van der Waals surface area contributed by atoms with E-state index in [-0.39, 0.29) is 0 Å². The van der Waals surface area contributed by atoms with Gasteiger partial charge in [-0.2, -0.15) is 0 Å². The van der Waals surface area contributed by atoms with E-state index in [9.17, 15) is 0 Å². The van der Waals surface area contributed by atoms with Gasteiger partial charge in [-0.3, -0.25) is 4.98 Å². The van der Waals surface area contributed by atoms with Crippen LogP contribution < -0.4 is 0 Å². The van der Waals surface area contributed by atoms with Gasteiger partial charge in [0, 0.05) is 11.8 Å². The van der Waals surface area contributed by atoms with Crippen LogP contribution in [0.3, 0.4) is 0 Å². The lowest BCUT2D eigenvalue weighted by molar-refractivity contribution is 0.443. The Balaban J connectivity index is 1.81. The summed E-state index contributed by atoms with van der Waals surface area (Å²) in [5.74, 6) is 1.33. The van der Waals surface area contributed by atoms with Gasteiger partial charge in [-0.15, -0.1) is 0 Å². The second kappa shape index (κ2) is 6.43. The van der Waals surface area contributed by atoms with Gasteiger partial charge in [-0.25, -0.2) is 0 Å². The van der Waals surface area contributed by atoms with E-state index in [1.165, 1.54) is 48.8 Å². The molecule has 1 aliphatic rings. The molecule has 0 bridgehead atoms. The van der Waals surface area contributed by atoms with Crippen molar-refractivity contribution >= 4 is 0 Å². The molecule has 1 saturated carbocycles. The summed E-state index contributed by atoms with van der Waals surface area (Å²) in [5, 5.41) is 0. The van der Waals surface area contributed by atoms with Gasteiger partial charge in [-0.1, -0.05) is 57.4 Å². The summed E-state index contributed by atoms with van der Waals surface area (Å²) in [6, 6.07) is 13.5. The smallest absolute Gasteiger partial charge is 0.0704 e. The largest absolute Gasteiger partial charge is 0.256 e. The SMILES string of the molecule is CC(C)c1ccnc(-c2ccc(C3CCCCC3)cc2)c1. The summed E-state index contributed by atoms with van der Waals surface area (Å²) in [6.07, 6.45) is 8.86. The summed E-state index contributed by atoms with van der Waals surface area (Å²) in [4.78, 5) is 4.53. The molecule has 1 fully saturated rings. The first-order chi connectivity index (χ1) is 10.2. The summed E-state index contributed by atoms with van der Waals surface area (Å²) in [7, 11) is 0. The van der Waals surface area contributed by atoms with E-state index < -0.39 is 0 Å². The van der Waals surface area contributed by atoms with Crippen LogP contribution in [0.5, 0.6) is 0 Å². The van der Waals surface area contributed by atoms with E-state index in [1.807, 2.05) is 6.20 Å². The maximum Gasteiger partial charge on any atom is 0.0704 e. The van der Waals surface area contributed by atoms with Crippen molar-refractivity contribution in [2.24, 2.45) is 0 Å². The zero-order chi connectivity index (χ0) is 14.7. The Hall–Kier alpha value is -1.63. The molecule has 1 aromatic heterocycles. The summed E-state index contributed by atoms with van der Waals surface area (Å²) in [5.41, 5.74) is 5.20. The molecule has 0 spiro atoms. The molecule has 0 unspecified atom stereocenters. The van der Waals surface area contributed by atoms with Crippen LogP contribution in [-0.4, -0.2) is 4.98 Å². The van der Waals surface area contributed by atoms with E-state index >= 15 is 0 Å². The maximum atomic E-state index is 4.53. The Kier molecular flexibility index (Phi) is 4.38. The predicted molar refractivity (Wildman–Crippen MR) is 89.6 cm³/mol. The van der Waals surface area contributed by atoms with Crippen LogP contribution in [0.15, 0.2) is 42.6 Å². The molecule has 0 saturated heterocycles. The molecular weight excluding hydrogens is 254 g/mol. The molecule has 110 valence electrons. The zero-order valence-corrected chi connectivity index (χ0v) is 13.2. The minimum atomic E-state index is 0.549.